The number of hydrogen-bond acceptors (Lipinski definition) is 4. The summed E-state index contributed by atoms with van der Waals surface area (Å²) in [5.74, 6) is 1.46. The van der Waals surface area contributed by atoms with Gasteiger partial charge in [0.25, 0.3) is 0 Å². The molecule has 5 nitrogen and oxygen atoms in total. The van der Waals surface area contributed by atoms with E-state index in [0.717, 1.165) is 11.4 Å². The number of carbonyl (C=O) groups excluding carboxylic acids is 1. The molecule has 24 heavy (non-hydrogen) atoms. The van der Waals surface area contributed by atoms with E-state index in [1.54, 1.807) is 18.2 Å². The molecule has 1 aromatic carbocycles. The number of carbonyl (C=O) groups is 1. The van der Waals surface area contributed by atoms with Gasteiger partial charge in [-0.1, -0.05) is 19.9 Å². The van der Waals surface area contributed by atoms with Crippen LogP contribution in [-0.2, 0) is 4.79 Å². The number of thiocarbonyl (C=S) groups is 1. The molecule has 1 amide bonds. The van der Waals surface area contributed by atoms with Crippen molar-refractivity contribution in [2.75, 3.05) is 11.9 Å². The second kappa shape index (κ2) is 8.88. The van der Waals surface area contributed by atoms with Gasteiger partial charge in [0.1, 0.15) is 11.5 Å². The fraction of sp³-hybridized carbons (Fsp3) is 0.222. The lowest BCUT2D eigenvalue weighted by Gasteiger charge is -2.11. The summed E-state index contributed by atoms with van der Waals surface area (Å²) in [4.78, 5) is 11.8. The van der Waals surface area contributed by atoms with Crippen molar-refractivity contribution in [1.29, 1.82) is 0 Å². The van der Waals surface area contributed by atoms with Gasteiger partial charge in [-0.3, -0.25) is 10.1 Å². The van der Waals surface area contributed by atoms with Crippen molar-refractivity contribution < 1.29 is 13.9 Å². The van der Waals surface area contributed by atoms with Gasteiger partial charge in [-0.25, -0.2) is 0 Å². The van der Waals surface area contributed by atoms with Gasteiger partial charge in [0.05, 0.1) is 12.9 Å². The van der Waals surface area contributed by atoms with Crippen molar-refractivity contribution in [3.8, 4) is 5.75 Å². The van der Waals surface area contributed by atoms with Crippen LogP contribution in [0.4, 0.5) is 5.69 Å². The second-order valence-corrected chi connectivity index (χ2v) is 5.93. The van der Waals surface area contributed by atoms with Crippen LogP contribution in [0.1, 0.15) is 19.6 Å². The van der Waals surface area contributed by atoms with Gasteiger partial charge >= 0.3 is 0 Å². The minimum absolute atomic E-state index is 0.213. The van der Waals surface area contributed by atoms with Crippen molar-refractivity contribution in [2.24, 2.45) is 5.92 Å². The first-order valence-corrected chi connectivity index (χ1v) is 8.00. The van der Waals surface area contributed by atoms with Gasteiger partial charge in [0, 0.05) is 17.8 Å². The third-order valence-corrected chi connectivity index (χ3v) is 3.06. The number of hydrogen-bond donors (Lipinski definition) is 2. The minimum atomic E-state index is -0.337. The molecule has 0 aliphatic carbocycles. The summed E-state index contributed by atoms with van der Waals surface area (Å²) in [5, 5.41) is 5.74. The second-order valence-electron chi connectivity index (χ2n) is 5.52. The quantitative estimate of drug-likeness (QED) is 0.616. The molecule has 0 saturated heterocycles. The van der Waals surface area contributed by atoms with E-state index in [2.05, 4.69) is 24.5 Å². The molecule has 0 unspecified atom stereocenters. The maximum absolute atomic E-state index is 11.8. The molecule has 2 rings (SSSR count). The normalized spacial score (nSPS) is 10.8. The Bertz CT molecular complexity index is 709. The Hall–Kier alpha value is -2.60. The molecule has 1 heterocycles. The summed E-state index contributed by atoms with van der Waals surface area (Å²) in [6.07, 6.45) is 4.46. The predicted molar refractivity (Wildman–Crippen MR) is 98.9 cm³/mol. The highest BCUT2D eigenvalue weighted by molar-refractivity contribution is 7.80. The maximum atomic E-state index is 11.8. The Balaban J connectivity index is 1.85. The lowest BCUT2D eigenvalue weighted by Crippen LogP contribution is -2.32. The molecular formula is C18H20N2O3S. The Morgan fingerprint density at radius 2 is 2.17 bits per heavy atom. The van der Waals surface area contributed by atoms with Crippen molar-refractivity contribution in [2.45, 2.75) is 13.8 Å². The van der Waals surface area contributed by atoms with E-state index in [9.17, 15) is 4.79 Å². The molecule has 0 spiro atoms. The number of rotatable bonds is 6. The zero-order chi connectivity index (χ0) is 17.4. The van der Waals surface area contributed by atoms with E-state index in [4.69, 9.17) is 21.4 Å². The number of amides is 1. The van der Waals surface area contributed by atoms with E-state index in [0.29, 0.717) is 18.3 Å². The first kappa shape index (κ1) is 17.7. The number of anilines is 1. The fourth-order valence-corrected chi connectivity index (χ4v) is 2.00. The number of nitrogens with one attached hydrogen (secondary N) is 2. The average molecular weight is 344 g/mol. The highest BCUT2D eigenvalue weighted by Gasteiger charge is 2.04. The van der Waals surface area contributed by atoms with Crippen LogP contribution in [0, 0.1) is 5.92 Å². The van der Waals surface area contributed by atoms with Crippen LogP contribution in [0.2, 0.25) is 0 Å². The Morgan fingerprint density at radius 3 is 2.88 bits per heavy atom. The van der Waals surface area contributed by atoms with E-state index in [1.165, 1.54) is 12.3 Å². The van der Waals surface area contributed by atoms with Gasteiger partial charge in [0.15, 0.2) is 5.11 Å². The molecule has 0 fully saturated rings. The van der Waals surface area contributed by atoms with Crippen LogP contribution in [0.3, 0.4) is 0 Å². The lowest BCUT2D eigenvalue weighted by molar-refractivity contribution is -0.115. The Kier molecular flexibility index (Phi) is 6.57. The zero-order valence-corrected chi connectivity index (χ0v) is 14.4. The third kappa shape index (κ3) is 6.26. The maximum Gasteiger partial charge on any atom is 0.250 e. The molecule has 6 heteroatoms. The molecule has 0 atom stereocenters. The SMILES string of the molecule is CC(C)COc1cccc(NC(=S)NC(=O)/C=C/c2ccco2)c1. The molecule has 2 N–H and O–H groups in total. The van der Waals surface area contributed by atoms with E-state index >= 15 is 0 Å². The third-order valence-electron chi connectivity index (χ3n) is 2.85. The van der Waals surface area contributed by atoms with E-state index < -0.39 is 0 Å². The number of furan rings is 1. The standard InChI is InChI=1S/C18H20N2O3S/c1-13(2)12-23-16-6-3-5-14(11-16)19-18(24)20-17(21)9-8-15-7-4-10-22-15/h3-11,13H,12H2,1-2H3,(H2,19,20,21,24)/b9-8+. The topological polar surface area (TPSA) is 63.5 Å². The van der Waals surface area contributed by atoms with Crippen molar-refractivity contribution in [3.05, 3.63) is 54.5 Å². The molecule has 126 valence electrons. The molecule has 0 saturated carbocycles. The van der Waals surface area contributed by atoms with Crippen molar-refractivity contribution >= 4 is 35.0 Å². The van der Waals surface area contributed by atoms with Gasteiger partial charge in [-0.05, 0) is 48.5 Å². The van der Waals surface area contributed by atoms with E-state index in [-0.39, 0.29) is 11.0 Å². The first-order valence-electron chi connectivity index (χ1n) is 7.59. The highest BCUT2D eigenvalue weighted by Crippen LogP contribution is 2.18. The summed E-state index contributed by atoms with van der Waals surface area (Å²) in [6, 6.07) is 10.9. The largest absolute Gasteiger partial charge is 0.493 e. The molecule has 0 aliphatic rings. The Morgan fingerprint density at radius 1 is 1.33 bits per heavy atom. The van der Waals surface area contributed by atoms with Crippen LogP contribution < -0.4 is 15.4 Å². The van der Waals surface area contributed by atoms with Crippen LogP contribution in [0.5, 0.6) is 5.75 Å². The summed E-state index contributed by atoms with van der Waals surface area (Å²) in [6.45, 7) is 4.81. The van der Waals surface area contributed by atoms with Crippen molar-refractivity contribution in [1.82, 2.24) is 5.32 Å². The zero-order valence-electron chi connectivity index (χ0n) is 13.6. The fourth-order valence-electron chi connectivity index (χ4n) is 1.79. The number of ether oxygens (including phenoxy) is 1. The van der Waals surface area contributed by atoms with Crippen LogP contribution >= 0.6 is 12.2 Å². The van der Waals surface area contributed by atoms with Gasteiger partial charge in [-0.15, -0.1) is 0 Å². The highest BCUT2D eigenvalue weighted by atomic mass is 32.1. The van der Waals surface area contributed by atoms with Crippen LogP contribution in [0.15, 0.2) is 53.2 Å². The van der Waals surface area contributed by atoms with Crippen LogP contribution in [0.25, 0.3) is 6.08 Å². The summed E-state index contributed by atoms with van der Waals surface area (Å²) in [5.41, 5.74) is 0.747. The number of benzene rings is 1. The van der Waals surface area contributed by atoms with Crippen LogP contribution in [-0.4, -0.2) is 17.6 Å². The van der Waals surface area contributed by atoms with E-state index in [1.807, 2.05) is 24.3 Å². The van der Waals surface area contributed by atoms with Gasteiger partial charge < -0.3 is 14.5 Å². The molecule has 0 aliphatic heterocycles. The smallest absolute Gasteiger partial charge is 0.250 e. The molecule has 2 aromatic rings. The monoisotopic (exact) mass is 344 g/mol. The van der Waals surface area contributed by atoms with Gasteiger partial charge in [-0.2, -0.15) is 0 Å². The lowest BCUT2D eigenvalue weighted by atomic mass is 10.2. The molecule has 1 aromatic heterocycles. The van der Waals surface area contributed by atoms with Gasteiger partial charge in [0.2, 0.25) is 5.91 Å². The Labute approximate surface area is 146 Å². The van der Waals surface area contributed by atoms with Crippen molar-refractivity contribution in [3.63, 3.8) is 0 Å². The predicted octanol–water partition coefficient (Wildman–Crippen LogP) is 3.84. The summed E-state index contributed by atoms with van der Waals surface area (Å²) < 4.78 is 10.8. The average Bonchev–Trinajstić information content (AvgIpc) is 3.04. The first-order chi connectivity index (χ1) is 11.5. The molecule has 0 radical (unpaired) electrons. The molecule has 0 bridgehead atoms. The summed E-state index contributed by atoms with van der Waals surface area (Å²) >= 11 is 5.13. The minimum Gasteiger partial charge on any atom is -0.493 e. The molecular weight excluding hydrogens is 324 g/mol. The summed E-state index contributed by atoms with van der Waals surface area (Å²) in [7, 11) is 0.